The molecule has 0 radical (unpaired) electrons. The second kappa shape index (κ2) is 5.96. The van der Waals surface area contributed by atoms with Crippen LogP contribution in [0.4, 0.5) is 0 Å². The number of likely N-dealkylation sites (tertiary alicyclic amines) is 1. The Morgan fingerprint density at radius 2 is 1.82 bits per heavy atom. The minimum absolute atomic E-state index is 0.156. The molecule has 0 bridgehead atoms. The number of nitrogens with zero attached hydrogens (tertiary/aromatic N) is 1. The summed E-state index contributed by atoms with van der Waals surface area (Å²) < 4.78 is 1.02. The van der Waals surface area contributed by atoms with Gasteiger partial charge in [-0.25, -0.2) is 0 Å². The summed E-state index contributed by atoms with van der Waals surface area (Å²) in [4.78, 5) is 2.21. The first-order chi connectivity index (χ1) is 8.15. The van der Waals surface area contributed by atoms with E-state index >= 15 is 0 Å². The fourth-order valence-corrected chi connectivity index (χ4v) is 2.40. The van der Waals surface area contributed by atoms with E-state index in [9.17, 15) is 10.2 Å². The van der Waals surface area contributed by atoms with Crippen LogP contribution in [0.25, 0.3) is 0 Å². The van der Waals surface area contributed by atoms with Gasteiger partial charge in [0.2, 0.25) is 0 Å². The maximum absolute atomic E-state index is 10.1. The molecule has 0 saturated carbocycles. The van der Waals surface area contributed by atoms with Crippen molar-refractivity contribution < 1.29 is 10.2 Å². The van der Waals surface area contributed by atoms with Crippen LogP contribution in [0, 0.1) is 0 Å². The zero-order valence-corrected chi connectivity index (χ0v) is 11.3. The SMILES string of the molecule is OC1CCN(CC(O)c2ccc(Br)cc2)CC1. The number of hydrogen-bond donors (Lipinski definition) is 2. The van der Waals surface area contributed by atoms with Crippen molar-refractivity contribution in [2.45, 2.75) is 25.0 Å². The Hall–Kier alpha value is -0.420. The van der Waals surface area contributed by atoms with Crippen molar-refractivity contribution in [3.63, 3.8) is 0 Å². The fourth-order valence-electron chi connectivity index (χ4n) is 2.14. The number of halogens is 1. The van der Waals surface area contributed by atoms with Gasteiger partial charge in [-0.1, -0.05) is 28.1 Å². The van der Waals surface area contributed by atoms with Crippen molar-refractivity contribution in [1.82, 2.24) is 4.90 Å². The summed E-state index contributed by atoms with van der Waals surface area (Å²) in [6.07, 6.45) is 1.02. The molecule has 94 valence electrons. The van der Waals surface area contributed by atoms with Crippen LogP contribution >= 0.6 is 15.9 Å². The van der Waals surface area contributed by atoms with Gasteiger partial charge in [0.15, 0.2) is 0 Å². The summed E-state index contributed by atoms with van der Waals surface area (Å²) in [6, 6.07) is 7.76. The van der Waals surface area contributed by atoms with Gasteiger partial charge in [-0.3, -0.25) is 0 Å². The Morgan fingerprint density at radius 1 is 1.24 bits per heavy atom. The standard InChI is InChI=1S/C13H18BrNO2/c14-11-3-1-10(2-4-11)13(17)9-15-7-5-12(16)6-8-15/h1-4,12-13,16-17H,5-9H2. The summed E-state index contributed by atoms with van der Waals surface area (Å²) >= 11 is 3.38. The summed E-state index contributed by atoms with van der Waals surface area (Å²) in [5.41, 5.74) is 0.944. The quantitative estimate of drug-likeness (QED) is 0.896. The van der Waals surface area contributed by atoms with Crippen molar-refractivity contribution >= 4 is 15.9 Å². The average Bonchev–Trinajstić information content (AvgIpc) is 2.33. The Morgan fingerprint density at radius 3 is 2.41 bits per heavy atom. The first-order valence-corrected chi connectivity index (χ1v) is 6.78. The molecule has 1 aliphatic heterocycles. The molecule has 1 saturated heterocycles. The van der Waals surface area contributed by atoms with Gasteiger partial charge in [0.1, 0.15) is 0 Å². The van der Waals surface area contributed by atoms with E-state index in [2.05, 4.69) is 20.8 Å². The highest BCUT2D eigenvalue weighted by Crippen LogP contribution is 2.19. The zero-order valence-electron chi connectivity index (χ0n) is 9.72. The predicted octanol–water partition coefficient (Wildman–Crippen LogP) is 1.94. The number of aliphatic hydroxyl groups excluding tert-OH is 2. The molecule has 1 unspecified atom stereocenters. The average molecular weight is 300 g/mol. The Bertz CT molecular complexity index is 347. The van der Waals surface area contributed by atoms with Gasteiger partial charge in [0.05, 0.1) is 12.2 Å². The number of hydrogen-bond acceptors (Lipinski definition) is 3. The monoisotopic (exact) mass is 299 g/mol. The highest BCUT2D eigenvalue weighted by Gasteiger charge is 2.19. The zero-order chi connectivity index (χ0) is 12.3. The lowest BCUT2D eigenvalue weighted by molar-refractivity contribution is 0.0508. The van der Waals surface area contributed by atoms with Gasteiger partial charge < -0.3 is 15.1 Å². The molecule has 1 heterocycles. The van der Waals surface area contributed by atoms with Gasteiger partial charge in [-0.15, -0.1) is 0 Å². The maximum Gasteiger partial charge on any atom is 0.0916 e. The largest absolute Gasteiger partial charge is 0.393 e. The van der Waals surface area contributed by atoms with E-state index in [1.807, 2.05) is 24.3 Å². The third-order valence-corrected chi connectivity index (χ3v) is 3.77. The van der Waals surface area contributed by atoms with E-state index in [1.54, 1.807) is 0 Å². The van der Waals surface area contributed by atoms with E-state index in [0.29, 0.717) is 6.54 Å². The molecule has 0 amide bonds. The van der Waals surface area contributed by atoms with Crippen molar-refractivity contribution in [2.75, 3.05) is 19.6 Å². The number of piperidine rings is 1. The Kier molecular flexibility index (Phi) is 4.56. The summed E-state index contributed by atoms with van der Waals surface area (Å²) in [5.74, 6) is 0. The second-order valence-electron chi connectivity index (χ2n) is 4.60. The van der Waals surface area contributed by atoms with E-state index in [0.717, 1.165) is 36.0 Å². The van der Waals surface area contributed by atoms with E-state index in [1.165, 1.54) is 0 Å². The van der Waals surface area contributed by atoms with Crippen LogP contribution in [0.1, 0.15) is 24.5 Å². The van der Waals surface area contributed by atoms with Crippen LogP contribution in [0.3, 0.4) is 0 Å². The van der Waals surface area contributed by atoms with Gasteiger partial charge in [0.25, 0.3) is 0 Å². The lowest BCUT2D eigenvalue weighted by Gasteiger charge is -2.31. The summed E-state index contributed by atoms with van der Waals surface area (Å²) in [7, 11) is 0. The Labute approximate surface area is 110 Å². The van der Waals surface area contributed by atoms with Crippen LogP contribution in [-0.2, 0) is 0 Å². The van der Waals surface area contributed by atoms with Crippen molar-refractivity contribution in [3.05, 3.63) is 34.3 Å². The van der Waals surface area contributed by atoms with Crippen molar-refractivity contribution in [3.8, 4) is 0 Å². The molecule has 1 aromatic carbocycles. The predicted molar refractivity (Wildman–Crippen MR) is 70.8 cm³/mol. The third-order valence-electron chi connectivity index (χ3n) is 3.24. The first kappa shape index (κ1) is 13.0. The molecular formula is C13H18BrNO2. The van der Waals surface area contributed by atoms with Crippen molar-refractivity contribution in [1.29, 1.82) is 0 Å². The van der Waals surface area contributed by atoms with Crippen LogP contribution < -0.4 is 0 Å². The molecule has 0 aromatic heterocycles. The molecule has 0 aliphatic carbocycles. The number of rotatable bonds is 3. The number of benzene rings is 1. The lowest BCUT2D eigenvalue weighted by atomic mass is 10.1. The molecule has 2 N–H and O–H groups in total. The molecule has 1 fully saturated rings. The van der Waals surface area contributed by atoms with E-state index in [4.69, 9.17) is 0 Å². The van der Waals surface area contributed by atoms with Crippen LogP contribution in [0.15, 0.2) is 28.7 Å². The van der Waals surface area contributed by atoms with Gasteiger partial charge >= 0.3 is 0 Å². The molecule has 1 atom stereocenters. The highest BCUT2D eigenvalue weighted by atomic mass is 79.9. The molecule has 2 rings (SSSR count). The Balaban J connectivity index is 1.88. The molecular weight excluding hydrogens is 282 g/mol. The number of β-amino-alcohol motifs (C(OH)–C–C–N with tert-alkyl or cyclic N) is 1. The molecule has 1 aliphatic rings. The maximum atomic E-state index is 10.1. The van der Waals surface area contributed by atoms with Crippen molar-refractivity contribution in [2.24, 2.45) is 0 Å². The van der Waals surface area contributed by atoms with Gasteiger partial charge in [0, 0.05) is 24.1 Å². The topological polar surface area (TPSA) is 43.7 Å². The first-order valence-electron chi connectivity index (χ1n) is 5.99. The van der Waals surface area contributed by atoms with Gasteiger partial charge in [-0.2, -0.15) is 0 Å². The van der Waals surface area contributed by atoms with E-state index < -0.39 is 6.10 Å². The number of aliphatic hydroxyl groups is 2. The normalized spacial score (nSPS) is 20.4. The molecule has 0 spiro atoms. The van der Waals surface area contributed by atoms with Crippen LogP contribution in [0.5, 0.6) is 0 Å². The van der Waals surface area contributed by atoms with Crippen LogP contribution in [0.2, 0.25) is 0 Å². The molecule has 4 heteroatoms. The second-order valence-corrected chi connectivity index (χ2v) is 5.51. The lowest BCUT2D eigenvalue weighted by Crippen LogP contribution is -2.38. The summed E-state index contributed by atoms with van der Waals surface area (Å²) in [6.45, 7) is 2.39. The molecule has 1 aromatic rings. The van der Waals surface area contributed by atoms with E-state index in [-0.39, 0.29) is 6.10 Å². The van der Waals surface area contributed by atoms with Crippen LogP contribution in [-0.4, -0.2) is 40.9 Å². The molecule has 3 nitrogen and oxygen atoms in total. The summed E-state index contributed by atoms with van der Waals surface area (Å²) in [5, 5.41) is 19.5. The fraction of sp³-hybridized carbons (Fsp3) is 0.538. The third kappa shape index (κ3) is 3.78. The smallest absolute Gasteiger partial charge is 0.0916 e. The highest BCUT2D eigenvalue weighted by molar-refractivity contribution is 9.10. The minimum Gasteiger partial charge on any atom is -0.393 e. The minimum atomic E-state index is -0.446. The van der Waals surface area contributed by atoms with Gasteiger partial charge in [-0.05, 0) is 30.5 Å². The molecule has 17 heavy (non-hydrogen) atoms.